The molecule has 1 nitrogen and oxygen atoms in total. The molecule has 0 aliphatic heterocycles. The highest BCUT2D eigenvalue weighted by atomic mass is 15.2. The van der Waals surface area contributed by atoms with Crippen molar-refractivity contribution in [1.82, 2.24) is 4.90 Å². The molecule has 1 fully saturated rings. The molecule has 0 amide bonds. The molecule has 1 unspecified atom stereocenters. The van der Waals surface area contributed by atoms with Gasteiger partial charge in [-0.25, -0.2) is 0 Å². The van der Waals surface area contributed by atoms with E-state index in [1.165, 1.54) is 83.5 Å². The van der Waals surface area contributed by atoms with Crippen molar-refractivity contribution < 1.29 is 0 Å². The Balaban J connectivity index is 2.33. The zero-order chi connectivity index (χ0) is 14.8. The lowest BCUT2D eigenvalue weighted by Gasteiger charge is -2.40. The van der Waals surface area contributed by atoms with Crippen molar-refractivity contribution in [1.29, 1.82) is 0 Å². The van der Waals surface area contributed by atoms with Gasteiger partial charge in [-0.1, -0.05) is 71.6 Å². The van der Waals surface area contributed by atoms with Crippen molar-refractivity contribution in [2.75, 3.05) is 7.05 Å². The lowest BCUT2D eigenvalue weighted by molar-refractivity contribution is 0.101. The molecule has 0 aromatic heterocycles. The average molecular weight is 282 g/mol. The maximum Gasteiger partial charge on any atom is 0.0181 e. The molecule has 1 saturated carbocycles. The normalized spacial score (nSPS) is 18.4. The highest BCUT2D eigenvalue weighted by Gasteiger charge is 2.37. The molecular formula is C19H39N. The molecule has 0 aromatic carbocycles. The summed E-state index contributed by atoms with van der Waals surface area (Å²) in [6, 6.07) is 0.904. The van der Waals surface area contributed by atoms with Gasteiger partial charge in [0.05, 0.1) is 0 Å². The van der Waals surface area contributed by atoms with Gasteiger partial charge in [0, 0.05) is 11.6 Å². The summed E-state index contributed by atoms with van der Waals surface area (Å²) < 4.78 is 0. The molecule has 0 aromatic rings. The standard InChI is InChI=1S/C19H39N/c1-5-7-9-11-13-17-19(3,16-12-10-8-6-2)20(4)18-14-15-18/h18H,5-17H2,1-4H3. The van der Waals surface area contributed by atoms with Crippen molar-refractivity contribution in [3.05, 3.63) is 0 Å². The number of hydrogen-bond acceptors (Lipinski definition) is 1. The molecule has 1 rings (SSSR count). The maximum atomic E-state index is 2.73. The van der Waals surface area contributed by atoms with Crippen LogP contribution < -0.4 is 0 Å². The summed E-state index contributed by atoms with van der Waals surface area (Å²) in [5, 5.41) is 0. The van der Waals surface area contributed by atoms with Gasteiger partial charge in [-0.15, -0.1) is 0 Å². The Morgan fingerprint density at radius 2 is 1.25 bits per heavy atom. The van der Waals surface area contributed by atoms with E-state index in [4.69, 9.17) is 0 Å². The van der Waals surface area contributed by atoms with Gasteiger partial charge in [0.1, 0.15) is 0 Å². The molecule has 0 N–H and O–H groups in total. The van der Waals surface area contributed by atoms with E-state index < -0.39 is 0 Å². The summed E-state index contributed by atoms with van der Waals surface area (Å²) in [6.07, 6.45) is 18.4. The van der Waals surface area contributed by atoms with Gasteiger partial charge in [-0.05, 0) is 39.7 Å². The van der Waals surface area contributed by atoms with Crippen LogP contribution in [0.3, 0.4) is 0 Å². The minimum absolute atomic E-state index is 0.473. The summed E-state index contributed by atoms with van der Waals surface area (Å²) in [5.74, 6) is 0. The third kappa shape index (κ3) is 6.61. The molecule has 0 spiro atoms. The minimum Gasteiger partial charge on any atom is -0.298 e. The summed E-state index contributed by atoms with van der Waals surface area (Å²) in [5.41, 5.74) is 0.473. The van der Waals surface area contributed by atoms with Gasteiger partial charge < -0.3 is 0 Å². The topological polar surface area (TPSA) is 3.24 Å². The molecule has 0 bridgehead atoms. The van der Waals surface area contributed by atoms with Crippen LogP contribution in [-0.4, -0.2) is 23.5 Å². The molecule has 120 valence electrons. The van der Waals surface area contributed by atoms with E-state index in [-0.39, 0.29) is 0 Å². The first-order valence-corrected chi connectivity index (χ1v) is 9.37. The van der Waals surface area contributed by atoms with Crippen LogP contribution in [0.4, 0.5) is 0 Å². The van der Waals surface area contributed by atoms with Crippen molar-refractivity contribution in [2.24, 2.45) is 0 Å². The third-order valence-electron chi connectivity index (χ3n) is 5.33. The van der Waals surface area contributed by atoms with E-state index in [1.54, 1.807) is 0 Å². The number of nitrogens with zero attached hydrogens (tertiary/aromatic N) is 1. The van der Waals surface area contributed by atoms with E-state index in [9.17, 15) is 0 Å². The fourth-order valence-corrected chi connectivity index (χ4v) is 3.42. The average Bonchev–Trinajstić information content (AvgIpc) is 3.27. The van der Waals surface area contributed by atoms with Crippen LogP contribution in [-0.2, 0) is 0 Å². The Morgan fingerprint density at radius 1 is 0.800 bits per heavy atom. The molecule has 1 atom stereocenters. The Kier molecular flexibility index (Phi) is 8.84. The monoisotopic (exact) mass is 281 g/mol. The highest BCUT2D eigenvalue weighted by Crippen LogP contribution is 2.37. The van der Waals surface area contributed by atoms with Crippen LogP contribution >= 0.6 is 0 Å². The SMILES string of the molecule is CCCCCCCC(C)(CCCCCC)N(C)C1CC1. The molecule has 1 heteroatoms. The van der Waals surface area contributed by atoms with E-state index in [1.807, 2.05) is 0 Å². The second kappa shape index (κ2) is 9.82. The lowest BCUT2D eigenvalue weighted by atomic mass is 9.86. The summed E-state index contributed by atoms with van der Waals surface area (Å²) in [6.45, 7) is 7.15. The van der Waals surface area contributed by atoms with Crippen LogP contribution in [0.15, 0.2) is 0 Å². The number of unbranched alkanes of at least 4 members (excludes halogenated alkanes) is 7. The molecule has 1 aliphatic carbocycles. The van der Waals surface area contributed by atoms with Gasteiger partial charge in [-0.2, -0.15) is 0 Å². The molecular weight excluding hydrogens is 242 g/mol. The maximum absolute atomic E-state index is 2.73. The third-order valence-corrected chi connectivity index (χ3v) is 5.33. The summed E-state index contributed by atoms with van der Waals surface area (Å²) >= 11 is 0. The Labute approximate surface area is 128 Å². The molecule has 0 radical (unpaired) electrons. The van der Waals surface area contributed by atoms with Crippen LogP contribution in [0.1, 0.15) is 104 Å². The van der Waals surface area contributed by atoms with Crippen molar-refractivity contribution in [2.45, 2.75) is 116 Å². The molecule has 0 heterocycles. The van der Waals surface area contributed by atoms with Crippen LogP contribution in [0, 0.1) is 0 Å². The predicted molar refractivity (Wildman–Crippen MR) is 91.3 cm³/mol. The van der Waals surface area contributed by atoms with Crippen LogP contribution in [0.25, 0.3) is 0 Å². The summed E-state index contributed by atoms with van der Waals surface area (Å²) in [7, 11) is 2.39. The number of rotatable bonds is 13. The van der Waals surface area contributed by atoms with Crippen molar-refractivity contribution >= 4 is 0 Å². The molecule has 0 saturated heterocycles. The highest BCUT2D eigenvalue weighted by molar-refractivity contribution is 4.94. The van der Waals surface area contributed by atoms with Crippen LogP contribution in [0.2, 0.25) is 0 Å². The van der Waals surface area contributed by atoms with Crippen molar-refractivity contribution in [3.63, 3.8) is 0 Å². The Bertz CT molecular complexity index is 234. The van der Waals surface area contributed by atoms with Gasteiger partial charge in [-0.3, -0.25) is 4.90 Å². The van der Waals surface area contributed by atoms with Crippen LogP contribution in [0.5, 0.6) is 0 Å². The zero-order valence-corrected chi connectivity index (χ0v) is 14.7. The van der Waals surface area contributed by atoms with Gasteiger partial charge >= 0.3 is 0 Å². The fraction of sp³-hybridized carbons (Fsp3) is 1.00. The van der Waals surface area contributed by atoms with E-state index in [2.05, 4.69) is 32.7 Å². The first kappa shape index (κ1) is 18.0. The van der Waals surface area contributed by atoms with E-state index in [0.717, 1.165) is 6.04 Å². The lowest BCUT2D eigenvalue weighted by Crippen LogP contribution is -2.45. The quantitative estimate of drug-likeness (QED) is 0.365. The second-order valence-corrected chi connectivity index (χ2v) is 7.31. The smallest absolute Gasteiger partial charge is 0.0181 e. The fourth-order valence-electron chi connectivity index (χ4n) is 3.42. The Morgan fingerprint density at radius 3 is 1.70 bits per heavy atom. The van der Waals surface area contributed by atoms with Gasteiger partial charge in [0.2, 0.25) is 0 Å². The first-order valence-electron chi connectivity index (χ1n) is 9.37. The van der Waals surface area contributed by atoms with Gasteiger partial charge in [0.25, 0.3) is 0 Å². The minimum atomic E-state index is 0.473. The number of hydrogen-bond donors (Lipinski definition) is 0. The molecule has 1 aliphatic rings. The Hall–Kier alpha value is -0.0400. The van der Waals surface area contributed by atoms with Crippen molar-refractivity contribution in [3.8, 4) is 0 Å². The van der Waals surface area contributed by atoms with Gasteiger partial charge in [0.15, 0.2) is 0 Å². The van der Waals surface area contributed by atoms with E-state index in [0.29, 0.717) is 5.54 Å². The summed E-state index contributed by atoms with van der Waals surface area (Å²) in [4.78, 5) is 2.73. The largest absolute Gasteiger partial charge is 0.298 e. The van der Waals surface area contributed by atoms with E-state index >= 15 is 0 Å². The molecule has 20 heavy (non-hydrogen) atoms. The predicted octanol–water partition coefficient (Wildman–Crippen LogP) is 6.17. The second-order valence-electron chi connectivity index (χ2n) is 7.31. The zero-order valence-electron chi connectivity index (χ0n) is 14.7. The first-order chi connectivity index (χ1) is 9.64.